The highest BCUT2D eigenvalue weighted by atomic mass is 17.5. The largest absolute Gasteiger partial charge is 0.493 e. The number of aliphatic hydroxyl groups excluding tert-OH is 2. The van der Waals surface area contributed by atoms with Crippen LogP contribution in [-0.2, 0) is 55.2 Å². The minimum absolute atomic E-state index is 0.0283. The SMILES string of the molecule is COOOCCN(CCCC(=O)NCC(O)NCC(=O)NCC(O)NCCCOC(C)(C)C)c1cc(COc2cc3c(cc2OC)C(=O)N2c4ccccc4CC2C=N3)cc(COc2cc3c(cc2OC)C(=O)N2c4ccccc4CC2C=N3)c1. The van der Waals surface area contributed by atoms with Gasteiger partial charge in [0, 0.05) is 80.6 Å². The number of rotatable bonds is 30. The maximum absolute atomic E-state index is 14.2. The molecule has 452 valence electrons. The first kappa shape index (κ1) is 61.6. The van der Waals surface area contributed by atoms with Gasteiger partial charge in [0.2, 0.25) is 11.8 Å². The Bertz CT molecular complexity index is 3080. The molecule has 23 heteroatoms. The summed E-state index contributed by atoms with van der Waals surface area (Å²) in [5.41, 5.74) is 7.37. The van der Waals surface area contributed by atoms with Crippen molar-refractivity contribution in [3.8, 4) is 23.0 Å². The summed E-state index contributed by atoms with van der Waals surface area (Å²) in [7, 11) is 4.35. The molecule has 23 nitrogen and oxygen atoms in total. The molecule has 0 aliphatic carbocycles. The predicted octanol–water partition coefficient (Wildman–Crippen LogP) is 5.79. The Morgan fingerprint density at radius 3 is 1.75 bits per heavy atom. The number of hydrogen-bond acceptors (Lipinski definition) is 19. The van der Waals surface area contributed by atoms with E-state index in [2.05, 4.69) is 26.2 Å². The third-order valence-corrected chi connectivity index (χ3v) is 14.6. The van der Waals surface area contributed by atoms with Crippen molar-refractivity contribution in [2.45, 2.75) is 96.2 Å². The highest BCUT2D eigenvalue weighted by Gasteiger charge is 2.38. The van der Waals surface area contributed by atoms with Crippen molar-refractivity contribution < 1.29 is 67.9 Å². The zero-order valence-corrected chi connectivity index (χ0v) is 48.8. The third-order valence-electron chi connectivity index (χ3n) is 14.6. The molecule has 4 unspecified atom stereocenters. The molecule has 0 radical (unpaired) electrons. The van der Waals surface area contributed by atoms with Crippen LogP contribution in [0.1, 0.15) is 83.0 Å². The number of benzene rings is 5. The van der Waals surface area contributed by atoms with E-state index in [9.17, 15) is 29.4 Å². The van der Waals surface area contributed by atoms with Crippen LogP contribution in [0.5, 0.6) is 23.0 Å². The van der Waals surface area contributed by atoms with Gasteiger partial charge in [0.1, 0.15) is 32.3 Å². The molecule has 0 spiro atoms. The van der Waals surface area contributed by atoms with Crippen molar-refractivity contribution in [2.75, 3.05) is 88.5 Å². The first-order chi connectivity index (χ1) is 41.1. The average Bonchev–Trinajstić information content (AvgIpc) is 4.14. The standard InChI is InChI=1S/C62H75N9O14/c1-62(2,3)83-21-12-18-63-57(73)34-67-59(75)36-68-58(74)35-66-56(72)17-11-19-69(20-22-84-85-80-6)43-24-39(37-81-54-30-48-46(28-52(54)78-4)60(76)70-44(32-64-48)26-41-13-7-9-15-50(41)70)23-40(25-43)38-82-55-31-49-47(29-53(55)79-5)61(77)71-45(33-65-49)27-42-14-8-10-16-51(42)71/h7-10,13-16,23-25,28-33,44-45,57-58,63,68,73-74H,11-12,17-22,26-27,34-38H2,1-6H3,(H,66,72)(H,67,75). The van der Waals surface area contributed by atoms with Crippen molar-refractivity contribution in [1.29, 1.82) is 0 Å². The van der Waals surface area contributed by atoms with E-state index in [1.165, 1.54) is 21.3 Å². The molecule has 0 saturated heterocycles. The van der Waals surface area contributed by atoms with E-state index in [-0.39, 0.29) is 87.8 Å². The maximum Gasteiger partial charge on any atom is 0.261 e. The van der Waals surface area contributed by atoms with Gasteiger partial charge in [-0.25, -0.2) is 9.78 Å². The average molecular weight is 1170 g/mol. The van der Waals surface area contributed by atoms with Crippen LogP contribution >= 0.6 is 0 Å². The van der Waals surface area contributed by atoms with E-state index in [1.54, 1.807) is 46.5 Å². The highest BCUT2D eigenvalue weighted by Crippen LogP contribution is 2.43. The zero-order chi connectivity index (χ0) is 60.0. The molecule has 4 atom stereocenters. The van der Waals surface area contributed by atoms with Gasteiger partial charge in [-0.1, -0.05) is 41.4 Å². The van der Waals surface area contributed by atoms with E-state index >= 15 is 0 Å². The molecule has 5 aromatic rings. The molecule has 6 N–H and O–H groups in total. The monoisotopic (exact) mass is 1170 g/mol. The van der Waals surface area contributed by atoms with E-state index in [1.807, 2.05) is 92.4 Å². The van der Waals surface area contributed by atoms with Crippen LogP contribution in [0.2, 0.25) is 0 Å². The number of amides is 4. The van der Waals surface area contributed by atoms with Crippen LogP contribution in [-0.4, -0.2) is 150 Å². The number of ether oxygens (including phenoxy) is 5. The number of aliphatic hydroxyl groups is 2. The Balaban J connectivity index is 0.887. The lowest BCUT2D eigenvalue weighted by atomic mass is 10.1. The summed E-state index contributed by atoms with van der Waals surface area (Å²) in [5.74, 6) is 0.229. The summed E-state index contributed by atoms with van der Waals surface area (Å²) >= 11 is 0. The van der Waals surface area contributed by atoms with Crippen LogP contribution in [0, 0.1) is 0 Å². The Hall–Kier alpha value is -8.00. The maximum atomic E-state index is 14.2. The van der Waals surface area contributed by atoms with Crippen LogP contribution in [0.25, 0.3) is 0 Å². The van der Waals surface area contributed by atoms with Gasteiger partial charge in [-0.05, 0) is 105 Å². The van der Waals surface area contributed by atoms with Crippen molar-refractivity contribution in [1.82, 2.24) is 21.3 Å². The molecule has 4 amide bonds. The van der Waals surface area contributed by atoms with E-state index < -0.39 is 18.4 Å². The number of aliphatic imine (C=N–C) groups is 2. The summed E-state index contributed by atoms with van der Waals surface area (Å²) < 4.78 is 30.5. The number of fused-ring (bicyclic) bond motifs is 8. The second kappa shape index (κ2) is 28.7. The molecule has 0 aromatic heterocycles. The molecule has 0 bridgehead atoms. The molecular weight excluding hydrogens is 1090 g/mol. The number of nitrogens with zero attached hydrogens (tertiary/aromatic N) is 5. The molecule has 4 aliphatic heterocycles. The second-order valence-electron chi connectivity index (χ2n) is 21.8. The smallest absolute Gasteiger partial charge is 0.261 e. The highest BCUT2D eigenvalue weighted by molar-refractivity contribution is 6.16. The Morgan fingerprint density at radius 2 is 1.21 bits per heavy atom. The van der Waals surface area contributed by atoms with Gasteiger partial charge in [-0.2, -0.15) is 0 Å². The van der Waals surface area contributed by atoms with Gasteiger partial charge in [0.05, 0.1) is 81.2 Å². The quantitative estimate of drug-likeness (QED) is 0.0138. The number of carbonyl (C=O) groups excluding carboxylic acids is 4. The number of para-hydroxylation sites is 2. The Morgan fingerprint density at radius 1 is 0.671 bits per heavy atom. The summed E-state index contributed by atoms with van der Waals surface area (Å²) in [6, 6.07) is 27.8. The Kier molecular flexibility index (Phi) is 20.8. The number of anilines is 3. The molecule has 9 rings (SSSR count). The lowest BCUT2D eigenvalue weighted by Crippen LogP contribution is -2.47. The number of hydrogen-bond donors (Lipinski definition) is 6. The molecular formula is C62H75N9O14. The lowest BCUT2D eigenvalue weighted by molar-refractivity contribution is -0.501. The topological polar surface area (TPSA) is 265 Å². The van der Waals surface area contributed by atoms with E-state index in [0.717, 1.165) is 22.5 Å². The van der Waals surface area contributed by atoms with Crippen molar-refractivity contribution in [3.63, 3.8) is 0 Å². The van der Waals surface area contributed by atoms with Gasteiger partial charge in [-0.3, -0.25) is 49.6 Å². The molecule has 4 heterocycles. The number of carbonyl (C=O) groups is 4. The third kappa shape index (κ3) is 15.9. The van der Waals surface area contributed by atoms with Crippen molar-refractivity contribution >= 4 is 64.5 Å². The molecule has 0 saturated carbocycles. The molecule has 4 aliphatic rings. The summed E-state index contributed by atoms with van der Waals surface area (Å²) in [6.07, 6.45) is 3.82. The fourth-order valence-corrected chi connectivity index (χ4v) is 10.5. The van der Waals surface area contributed by atoms with Gasteiger partial charge in [-0.15, -0.1) is 0 Å². The lowest BCUT2D eigenvalue weighted by Gasteiger charge is -2.26. The summed E-state index contributed by atoms with van der Waals surface area (Å²) in [5, 5.41) is 36.4. The predicted molar refractivity (Wildman–Crippen MR) is 319 cm³/mol. The number of nitrogens with one attached hydrogen (secondary N) is 4. The first-order valence-corrected chi connectivity index (χ1v) is 28.4. The van der Waals surface area contributed by atoms with E-state index in [4.69, 9.17) is 43.6 Å². The van der Waals surface area contributed by atoms with Crippen molar-refractivity contribution in [3.05, 3.63) is 124 Å². The number of methoxy groups -OCH3 is 2. The zero-order valence-electron chi connectivity index (χ0n) is 48.8. The van der Waals surface area contributed by atoms with Gasteiger partial charge in [0.15, 0.2) is 23.0 Å². The minimum Gasteiger partial charge on any atom is -0.493 e. The van der Waals surface area contributed by atoms with Crippen LogP contribution in [0.3, 0.4) is 0 Å². The van der Waals surface area contributed by atoms with Crippen molar-refractivity contribution in [2.24, 2.45) is 9.98 Å². The normalized spacial score (nSPS) is 16.2. The molecule has 5 aromatic carbocycles. The second-order valence-corrected chi connectivity index (χ2v) is 21.8. The van der Waals surface area contributed by atoms with Crippen LogP contribution in [0.4, 0.5) is 28.4 Å². The fourth-order valence-electron chi connectivity index (χ4n) is 10.5. The van der Waals surface area contributed by atoms with Crippen LogP contribution < -0.4 is 54.9 Å². The van der Waals surface area contributed by atoms with Gasteiger partial charge in [0.25, 0.3) is 11.8 Å². The summed E-state index contributed by atoms with van der Waals surface area (Å²) in [6.45, 7) is 7.22. The fraction of sp³-hybridized carbons (Fsp3) is 0.419. The summed E-state index contributed by atoms with van der Waals surface area (Å²) in [4.78, 5) is 79.1. The minimum atomic E-state index is -1.23. The van der Waals surface area contributed by atoms with E-state index in [0.29, 0.717) is 108 Å². The molecule has 0 fully saturated rings. The van der Waals surface area contributed by atoms with Gasteiger partial charge < -0.3 is 49.4 Å². The van der Waals surface area contributed by atoms with Gasteiger partial charge >= 0.3 is 0 Å². The Labute approximate surface area is 494 Å². The first-order valence-electron chi connectivity index (χ1n) is 28.4. The van der Waals surface area contributed by atoms with Crippen LogP contribution in [0.15, 0.2) is 101 Å². The molecule has 85 heavy (non-hydrogen) atoms.